The molecule has 1 aromatic heterocycles. The number of methoxy groups -OCH3 is 2. The van der Waals surface area contributed by atoms with Gasteiger partial charge >= 0.3 is 0 Å². The number of piperidine rings is 1. The smallest absolute Gasteiger partial charge is 0.253 e. The summed E-state index contributed by atoms with van der Waals surface area (Å²) in [6.45, 7) is 1.78. The zero-order valence-corrected chi connectivity index (χ0v) is 19.7. The number of aromatic amines is 1. The molecule has 33 heavy (non-hydrogen) atoms. The summed E-state index contributed by atoms with van der Waals surface area (Å²) in [5.74, 6) is 1.11. The summed E-state index contributed by atoms with van der Waals surface area (Å²) >= 11 is 0. The number of ether oxygens (including phenoxy) is 2. The number of aromatic nitrogens is 1. The van der Waals surface area contributed by atoms with E-state index in [1.165, 1.54) is 24.8 Å². The van der Waals surface area contributed by atoms with Crippen LogP contribution in [0.5, 0.6) is 5.75 Å². The van der Waals surface area contributed by atoms with E-state index < -0.39 is 10.0 Å². The number of hydrogen-bond donors (Lipinski definition) is 2. The number of hydrogen-bond acceptors (Lipinski definition) is 5. The Morgan fingerprint density at radius 3 is 2.52 bits per heavy atom. The highest BCUT2D eigenvalue weighted by Gasteiger charge is 2.26. The molecule has 1 aliphatic heterocycles. The van der Waals surface area contributed by atoms with E-state index in [2.05, 4.69) is 22.0 Å². The monoisotopic (exact) mass is 471 g/mol. The minimum atomic E-state index is -3.62. The number of likely N-dealkylation sites (tertiary alicyclic amines) is 1. The molecule has 1 amide bonds. The lowest BCUT2D eigenvalue weighted by Crippen LogP contribution is -2.37. The second kappa shape index (κ2) is 9.94. The second-order valence-corrected chi connectivity index (χ2v) is 9.90. The van der Waals surface area contributed by atoms with Gasteiger partial charge in [0.15, 0.2) is 0 Å². The van der Waals surface area contributed by atoms with Crippen LogP contribution in [0.3, 0.4) is 0 Å². The molecule has 0 bridgehead atoms. The van der Waals surface area contributed by atoms with Crippen LogP contribution in [-0.2, 0) is 14.8 Å². The van der Waals surface area contributed by atoms with Gasteiger partial charge in [-0.15, -0.1) is 0 Å². The quantitative estimate of drug-likeness (QED) is 0.492. The van der Waals surface area contributed by atoms with Crippen molar-refractivity contribution in [3.63, 3.8) is 0 Å². The molecule has 0 atom stereocenters. The van der Waals surface area contributed by atoms with E-state index in [1.807, 2.05) is 17.0 Å². The maximum atomic E-state index is 13.0. The van der Waals surface area contributed by atoms with Gasteiger partial charge in [-0.2, -0.15) is 0 Å². The Balaban J connectivity index is 1.40. The van der Waals surface area contributed by atoms with Gasteiger partial charge in [0.05, 0.1) is 18.6 Å². The SMILES string of the molecule is COCCNS(=O)(=O)c1ccc(C(=O)N2CCC(c3c[nH]c4ccc(OC)cc34)CC2)cc1. The highest BCUT2D eigenvalue weighted by Crippen LogP contribution is 2.35. The van der Waals surface area contributed by atoms with Crippen molar-refractivity contribution in [1.82, 2.24) is 14.6 Å². The van der Waals surface area contributed by atoms with Gasteiger partial charge in [-0.1, -0.05) is 0 Å². The Hall–Kier alpha value is -2.88. The van der Waals surface area contributed by atoms with Gasteiger partial charge in [0.2, 0.25) is 10.0 Å². The number of fused-ring (bicyclic) bond motifs is 1. The number of H-pyrrole nitrogens is 1. The normalized spacial score (nSPS) is 15.2. The van der Waals surface area contributed by atoms with E-state index in [1.54, 1.807) is 19.2 Å². The molecular formula is C24H29N3O5S. The first-order valence-corrected chi connectivity index (χ1v) is 12.4. The van der Waals surface area contributed by atoms with E-state index in [0.29, 0.717) is 24.6 Å². The van der Waals surface area contributed by atoms with Crippen molar-refractivity contribution in [2.75, 3.05) is 40.5 Å². The molecule has 4 rings (SSSR count). The molecule has 2 aromatic carbocycles. The third-order valence-corrected chi connectivity index (χ3v) is 7.63. The largest absolute Gasteiger partial charge is 0.497 e. The summed E-state index contributed by atoms with van der Waals surface area (Å²) in [4.78, 5) is 18.3. The van der Waals surface area contributed by atoms with E-state index in [-0.39, 0.29) is 24.0 Å². The Morgan fingerprint density at radius 1 is 1.12 bits per heavy atom. The Morgan fingerprint density at radius 2 is 1.85 bits per heavy atom. The molecule has 9 heteroatoms. The fraction of sp³-hybridized carbons (Fsp3) is 0.375. The molecule has 0 saturated carbocycles. The average molecular weight is 472 g/mol. The Kier molecular flexibility index (Phi) is 7.02. The van der Waals surface area contributed by atoms with Crippen molar-refractivity contribution >= 4 is 26.8 Å². The van der Waals surface area contributed by atoms with Gasteiger partial charge in [0, 0.05) is 49.4 Å². The number of rotatable bonds is 8. The van der Waals surface area contributed by atoms with Crippen LogP contribution < -0.4 is 9.46 Å². The van der Waals surface area contributed by atoms with Gasteiger partial charge in [-0.05, 0) is 66.8 Å². The number of benzene rings is 2. The fourth-order valence-electron chi connectivity index (χ4n) is 4.30. The first-order chi connectivity index (χ1) is 15.9. The molecule has 1 aliphatic rings. The zero-order valence-electron chi connectivity index (χ0n) is 18.8. The molecule has 0 spiro atoms. The van der Waals surface area contributed by atoms with Gasteiger partial charge in [-0.25, -0.2) is 13.1 Å². The number of carbonyl (C=O) groups excluding carboxylic acids is 1. The number of nitrogens with zero attached hydrogens (tertiary/aromatic N) is 1. The van der Waals surface area contributed by atoms with Crippen molar-refractivity contribution < 1.29 is 22.7 Å². The summed E-state index contributed by atoms with van der Waals surface area (Å²) in [7, 11) is -0.449. The fourth-order valence-corrected chi connectivity index (χ4v) is 5.31. The Bertz CT molecular complexity index is 1210. The second-order valence-electron chi connectivity index (χ2n) is 8.14. The van der Waals surface area contributed by atoms with Crippen molar-refractivity contribution in [3.05, 3.63) is 59.8 Å². The van der Waals surface area contributed by atoms with Crippen LogP contribution in [0.25, 0.3) is 10.9 Å². The summed E-state index contributed by atoms with van der Waals surface area (Å²) in [6.07, 6.45) is 3.80. The van der Waals surface area contributed by atoms with Gasteiger partial charge in [-0.3, -0.25) is 4.79 Å². The van der Waals surface area contributed by atoms with Crippen LogP contribution in [-0.4, -0.2) is 64.7 Å². The lowest BCUT2D eigenvalue weighted by Gasteiger charge is -2.32. The van der Waals surface area contributed by atoms with Gasteiger partial charge < -0.3 is 19.4 Å². The molecule has 0 unspecified atom stereocenters. The lowest BCUT2D eigenvalue weighted by atomic mass is 9.89. The highest BCUT2D eigenvalue weighted by atomic mass is 32.2. The van der Waals surface area contributed by atoms with Crippen LogP contribution in [0.4, 0.5) is 0 Å². The lowest BCUT2D eigenvalue weighted by molar-refractivity contribution is 0.0713. The standard InChI is InChI=1S/C24H29N3O5S/c1-31-14-11-26-33(29,30)20-6-3-18(4-7-20)24(28)27-12-9-17(10-13-27)22-16-25-23-8-5-19(32-2)15-21(22)23/h3-8,15-17,25-26H,9-14H2,1-2H3. The minimum absolute atomic E-state index is 0.0784. The first kappa shape index (κ1) is 23.3. The van der Waals surface area contributed by atoms with Crippen molar-refractivity contribution in [1.29, 1.82) is 0 Å². The molecule has 1 saturated heterocycles. The summed E-state index contributed by atoms with van der Waals surface area (Å²) in [6, 6.07) is 12.1. The predicted molar refractivity (Wildman–Crippen MR) is 126 cm³/mol. The van der Waals surface area contributed by atoms with Crippen molar-refractivity contribution in [2.45, 2.75) is 23.7 Å². The molecule has 8 nitrogen and oxygen atoms in total. The summed E-state index contributed by atoms with van der Waals surface area (Å²) in [5, 5.41) is 1.16. The van der Waals surface area contributed by atoms with Crippen LogP contribution >= 0.6 is 0 Å². The number of sulfonamides is 1. The molecule has 0 radical (unpaired) electrons. The van der Waals surface area contributed by atoms with E-state index in [0.717, 1.165) is 29.5 Å². The maximum Gasteiger partial charge on any atom is 0.253 e. The third-order valence-electron chi connectivity index (χ3n) is 6.15. The minimum Gasteiger partial charge on any atom is -0.497 e. The predicted octanol–water partition coefficient (Wildman–Crippen LogP) is 3.12. The Labute approximate surface area is 193 Å². The third kappa shape index (κ3) is 5.05. The van der Waals surface area contributed by atoms with Gasteiger partial charge in [0.1, 0.15) is 5.75 Å². The number of carbonyl (C=O) groups is 1. The number of nitrogens with one attached hydrogen (secondary N) is 2. The maximum absolute atomic E-state index is 13.0. The zero-order chi connectivity index (χ0) is 23.4. The molecule has 2 N–H and O–H groups in total. The van der Waals surface area contributed by atoms with Crippen LogP contribution in [0.1, 0.15) is 34.7 Å². The summed E-state index contributed by atoms with van der Waals surface area (Å²) < 4.78 is 37.3. The molecule has 2 heterocycles. The van der Waals surface area contributed by atoms with Crippen LogP contribution in [0.2, 0.25) is 0 Å². The van der Waals surface area contributed by atoms with Crippen LogP contribution in [0, 0.1) is 0 Å². The van der Waals surface area contributed by atoms with E-state index in [9.17, 15) is 13.2 Å². The van der Waals surface area contributed by atoms with Crippen molar-refractivity contribution in [3.8, 4) is 5.75 Å². The molecule has 3 aromatic rings. The van der Waals surface area contributed by atoms with Crippen molar-refractivity contribution in [2.24, 2.45) is 0 Å². The molecular weight excluding hydrogens is 442 g/mol. The molecule has 0 aliphatic carbocycles. The topological polar surface area (TPSA) is 101 Å². The average Bonchev–Trinajstić information content (AvgIpc) is 3.27. The number of amides is 1. The summed E-state index contributed by atoms with van der Waals surface area (Å²) in [5.41, 5.74) is 2.82. The first-order valence-electron chi connectivity index (χ1n) is 11.0. The highest BCUT2D eigenvalue weighted by molar-refractivity contribution is 7.89. The molecule has 176 valence electrons. The van der Waals surface area contributed by atoms with Crippen LogP contribution in [0.15, 0.2) is 53.6 Å². The van der Waals surface area contributed by atoms with E-state index >= 15 is 0 Å². The van der Waals surface area contributed by atoms with E-state index in [4.69, 9.17) is 9.47 Å². The van der Waals surface area contributed by atoms with Gasteiger partial charge in [0.25, 0.3) is 5.91 Å². The molecule has 1 fully saturated rings.